The number of aliphatic hydroxyl groups excluding tert-OH is 6. The molecule has 0 saturated carbocycles. The Bertz CT molecular complexity index is 139. The van der Waals surface area contributed by atoms with Crippen molar-refractivity contribution in [3.8, 4) is 0 Å². The summed E-state index contributed by atoms with van der Waals surface area (Å²) in [6.07, 6.45) is 0. The molecule has 0 fully saturated rings. The molecule has 10 heteroatoms. The number of rotatable bonds is 12. The second-order valence-electron chi connectivity index (χ2n) is 4.02. The van der Waals surface area contributed by atoms with Gasteiger partial charge in [0.1, 0.15) is 0 Å². The van der Waals surface area contributed by atoms with Gasteiger partial charge in [-0.2, -0.15) is 0 Å². The van der Waals surface area contributed by atoms with Gasteiger partial charge in [-0.05, 0) is 0 Å². The van der Waals surface area contributed by atoms with Gasteiger partial charge >= 0.3 is 0 Å². The molecule has 0 aromatic heterocycles. The van der Waals surface area contributed by atoms with Crippen LogP contribution in [0.3, 0.4) is 0 Å². The van der Waals surface area contributed by atoms with Crippen LogP contribution < -0.4 is 0 Å². The molecule has 0 aliphatic rings. The summed E-state index contributed by atoms with van der Waals surface area (Å²) in [6.45, 7) is 3.51. The maximum Gasteiger partial charge on any atom is 0.0558 e. The van der Waals surface area contributed by atoms with Crippen LogP contribution in [-0.2, 0) is 43.4 Å². The third-order valence-electron chi connectivity index (χ3n) is 2.50. The molecule has 0 saturated heterocycles. The second-order valence-corrected chi connectivity index (χ2v) is 4.02. The van der Waals surface area contributed by atoms with Crippen LogP contribution in [-0.4, -0.2) is 119 Å². The molecule has 6 N–H and O–H groups in total. The molecule has 0 heterocycles. The Morgan fingerprint density at radius 2 is 0.500 bits per heavy atom. The molecule has 0 amide bonds. The van der Waals surface area contributed by atoms with E-state index in [2.05, 4.69) is 0 Å². The Hall–Kier alpha value is 1.11. The van der Waals surface area contributed by atoms with Gasteiger partial charge in [0.25, 0.3) is 0 Å². The molecule has 0 rings (SSSR count). The summed E-state index contributed by atoms with van der Waals surface area (Å²) in [4.78, 5) is 3.58. The van der Waals surface area contributed by atoms with Gasteiger partial charge in [0.2, 0.25) is 0 Å². The largest absolute Gasteiger partial charge is 0.395 e. The van der Waals surface area contributed by atoms with E-state index in [-0.39, 0.29) is 83.1 Å². The predicted octanol–water partition coefficient (Wildman–Crippen LogP) is -3.47. The van der Waals surface area contributed by atoms with Crippen molar-refractivity contribution < 1.29 is 74.1 Å². The Kier molecular flexibility index (Phi) is 37.9. The van der Waals surface area contributed by atoms with Crippen molar-refractivity contribution in [3.05, 3.63) is 0 Å². The van der Waals surface area contributed by atoms with Gasteiger partial charge in [-0.1, -0.05) is 0 Å². The maximum absolute atomic E-state index is 8.48. The fraction of sp³-hybridized carbons (Fsp3) is 1.00. The first-order valence-electron chi connectivity index (χ1n) is 6.79. The minimum absolute atomic E-state index is 0. The fourth-order valence-electron chi connectivity index (χ4n) is 1.52. The summed E-state index contributed by atoms with van der Waals surface area (Å²) >= 11 is 0. The topological polar surface area (TPSA) is 128 Å². The van der Waals surface area contributed by atoms with E-state index in [1.165, 1.54) is 0 Å². The standard InChI is InChI=1S/2C6H15NO3.2Ti/c2*8-4-1-7(2-5-9)3-6-10;;/h2*8-10H,1-6H2;;. The third-order valence-corrected chi connectivity index (χ3v) is 2.50. The number of hydrogen-bond donors (Lipinski definition) is 6. The summed E-state index contributed by atoms with van der Waals surface area (Å²) in [6, 6.07) is 0. The molecular formula is C12H30N2O6Ti2. The van der Waals surface area contributed by atoms with Crippen LogP contribution in [0.2, 0.25) is 0 Å². The zero-order chi connectivity index (χ0) is 15.6. The van der Waals surface area contributed by atoms with Crippen LogP contribution in [0.15, 0.2) is 0 Å². The van der Waals surface area contributed by atoms with Crippen molar-refractivity contribution in [2.45, 2.75) is 0 Å². The van der Waals surface area contributed by atoms with E-state index < -0.39 is 0 Å². The zero-order valence-electron chi connectivity index (χ0n) is 13.1. The number of nitrogens with zero attached hydrogens (tertiary/aromatic N) is 2. The first kappa shape index (κ1) is 30.9. The van der Waals surface area contributed by atoms with E-state index >= 15 is 0 Å². The van der Waals surface area contributed by atoms with Gasteiger partial charge in [-0.25, -0.2) is 0 Å². The Balaban J connectivity index is -0.000000135. The number of hydrogen-bond acceptors (Lipinski definition) is 8. The van der Waals surface area contributed by atoms with E-state index in [0.717, 1.165) is 0 Å². The summed E-state index contributed by atoms with van der Waals surface area (Å²) in [5.74, 6) is 0. The molecule has 0 aromatic carbocycles. The fourth-order valence-corrected chi connectivity index (χ4v) is 1.52. The molecular weight excluding hydrogens is 364 g/mol. The van der Waals surface area contributed by atoms with Crippen molar-refractivity contribution in [2.75, 3.05) is 78.9 Å². The van der Waals surface area contributed by atoms with Gasteiger partial charge in [0, 0.05) is 82.7 Å². The van der Waals surface area contributed by atoms with Crippen LogP contribution in [0, 0.1) is 0 Å². The quantitative estimate of drug-likeness (QED) is 0.189. The van der Waals surface area contributed by atoms with E-state index in [1.54, 1.807) is 9.80 Å². The van der Waals surface area contributed by atoms with E-state index in [9.17, 15) is 0 Å². The number of aliphatic hydroxyl groups is 6. The van der Waals surface area contributed by atoms with Crippen LogP contribution >= 0.6 is 0 Å². The van der Waals surface area contributed by atoms with Crippen molar-refractivity contribution in [3.63, 3.8) is 0 Å². The monoisotopic (exact) mass is 394 g/mol. The minimum Gasteiger partial charge on any atom is -0.395 e. The van der Waals surface area contributed by atoms with Gasteiger partial charge in [-0.15, -0.1) is 0 Å². The molecule has 0 bridgehead atoms. The normalized spacial score (nSPS) is 9.82. The van der Waals surface area contributed by atoms with Crippen LogP contribution in [0.1, 0.15) is 0 Å². The first-order valence-corrected chi connectivity index (χ1v) is 6.79. The van der Waals surface area contributed by atoms with Gasteiger partial charge in [-0.3, -0.25) is 9.80 Å². The van der Waals surface area contributed by atoms with Crippen molar-refractivity contribution in [1.29, 1.82) is 0 Å². The van der Waals surface area contributed by atoms with E-state index in [4.69, 9.17) is 30.6 Å². The van der Waals surface area contributed by atoms with Crippen molar-refractivity contribution in [2.24, 2.45) is 0 Å². The van der Waals surface area contributed by atoms with Gasteiger partial charge in [0.05, 0.1) is 39.6 Å². The molecule has 0 atom stereocenters. The molecule has 0 aliphatic carbocycles. The van der Waals surface area contributed by atoms with E-state index in [0.29, 0.717) is 39.3 Å². The minimum atomic E-state index is 0. The predicted molar refractivity (Wildman–Crippen MR) is 75.4 cm³/mol. The third kappa shape index (κ3) is 23.4. The summed E-state index contributed by atoms with van der Waals surface area (Å²) in [5.41, 5.74) is 0. The second kappa shape index (κ2) is 27.0. The first-order chi connectivity index (χ1) is 9.69. The molecule has 132 valence electrons. The molecule has 0 aliphatic heterocycles. The average Bonchev–Trinajstić information content (AvgIpc) is 2.41. The van der Waals surface area contributed by atoms with Crippen molar-refractivity contribution >= 4 is 0 Å². The van der Waals surface area contributed by atoms with Crippen LogP contribution in [0.5, 0.6) is 0 Å². The Morgan fingerprint density at radius 1 is 0.364 bits per heavy atom. The Morgan fingerprint density at radius 3 is 0.591 bits per heavy atom. The van der Waals surface area contributed by atoms with Gasteiger partial charge < -0.3 is 30.6 Å². The summed E-state index contributed by atoms with van der Waals surface area (Å²) in [7, 11) is 0. The van der Waals surface area contributed by atoms with Crippen molar-refractivity contribution in [1.82, 2.24) is 9.80 Å². The zero-order valence-corrected chi connectivity index (χ0v) is 16.2. The molecule has 0 spiro atoms. The maximum atomic E-state index is 8.48. The average molecular weight is 394 g/mol. The molecule has 0 aromatic rings. The summed E-state index contributed by atoms with van der Waals surface area (Å²) < 4.78 is 0. The molecule has 22 heavy (non-hydrogen) atoms. The van der Waals surface area contributed by atoms with Crippen LogP contribution in [0.25, 0.3) is 0 Å². The van der Waals surface area contributed by atoms with Crippen LogP contribution in [0.4, 0.5) is 0 Å². The van der Waals surface area contributed by atoms with E-state index in [1.807, 2.05) is 0 Å². The van der Waals surface area contributed by atoms with Gasteiger partial charge in [0.15, 0.2) is 0 Å². The Labute approximate surface area is 162 Å². The molecule has 0 unspecified atom stereocenters. The molecule has 0 radical (unpaired) electrons. The molecule has 8 nitrogen and oxygen atoms in total. The SMILES string of the molecule is OCCN(CCO)CCO.OCCN(CCO)CCO.[Ti].[Ti]. The summed E-state index contributed by atoms with van der Waals surface area (Å²) in [5, 5.41) is 50.9. The smallest absolute Gasteiger partial charge is 0.0558 e.